The summed E-state index contributed by atoms with van der Waals surface area (Å²) in [4.78, 5) is 60.4. The Kier molecular flexibility index (Phi) is 16.7. The van der Waals surface area contributed by atoms with E-state index in [4.69, 9.17) is 22.3 Å². The molecule has 0 spiro atoms. The number of carbonyl (C=O) groups is 5. The van der Waals surface area contributed by atoms with E-state index in [0.717, 1.165) is 0 Å². The molecule has 0 radical (unpaired) electrons. The SMILES string of the molecule is NCCCCC(NC(=O)C(CCC(=O)O)NC(=O)C(CCCCN)NC(=O)C(N)CS)C(=O)O. The van der Waals surface area contributed by atoms with E-state index in [1.807, 2.05) is 0 Å². The summed E-state index contributed by atoms with van der Waals surface area (Å²) in [5, 5.41) is 25.7. The first-order chi connectivity index (χ1) is 16.1. The van der Waals surface area contributed by atoms with Gasteiger partial charge in [0.2, 0.25) is 17.7 Å². The van der Waals surface area contributed by atoms with E-state index < -0.39 is 60.2 Å². The first-order valence-electron chi connectivity index (χ1n) is 11.2. The fourth-order valence-electron chi connectivity index (χ4n) is 2.95. The molecule has 13 nitrogen and oxygen atoms in total. The highest BCUT2D eigenvalue weighted by Gasteiger charge is 2.30. The maximum Gasteiger partial charge on any atom is 0.326 e. The van der Waals surface area contributed by atoms with Crippen LogP contribution in [0, 0.1) is 0 Å². The third kappa shape index (κ3) is 13.3. The van der Waals surface area contributed by atoms with Crippen molar-refractivity contribution in [3.63, 3.8) is 0 Å². The zero-order valence-electron chi connectivity index (χ0n) is 19.2. The summed E-state index contributed by atoms with van der Waals surface area (Å²) >= 11 is 3.96. The minimum atomic E-state index is -1.33. The van der Waals surface area contributed by atoms with Gasteiger partial charge in [0, 0.05) is 12.2 Å². The van der Waals surface area contributed by atoms with Crippen molar-refractivity contribution in [2.24, 2.45) is 17.2 Å². The number of hydrogen-bond acceptors (Lipinski definition) is 9. The highest BCUT2D eigenvalue weighted by atomic mass is 32.1. The number of thiol groups is 1. The first-order valence-corrected chi connectivity index (χ1v) is 11.8. The van der Waals surface area contributed by atoms with Gasteiger partial charge in [-0.15, -0.1) is 0 Å². The molecule has 0 aromatic carbocycles. The van der Waals surface area contributed by atoms with Gasteiger partial charge in [0.1, 0.15) is 18.1 Å². The highest BCUT2D eigenvalue weighted by Crippen LogP contribution is 2.07. The number of nitrogens with two attached hydrogens (primary N) is 3. The van der Waals surface area contributed by atoms with Crippen LogP contribution < -0.4 is 33.2 Å². The number of nitrogens with one attached hydrogen (secondary N) is 3. The second-order valence-corrected chi connectivity index (χ2v) is 8.18. The Labute approximate surface area is 204 Å². The third-order valence-electron chi connectivity index (χ3n) is 4.95. The normalized spacial score (nSPS) is 14.4. The maximum atomic E-state index is 12.9. The molecule has 34 heavy (non-hydrogen) atoms. The van der Waals surface area contributed by atoms with Crippen molar-refractivity contribution < 1.29 is 34.2 Å². The Balaban J connectivity index is 5.47. The molecule has 196 valence electrons. The number of aliphatic carboxylic acids is 2. The van der Waals surface area contributed by atoms with Gasteiger partial charge >= 0.3 is 11.9 Å². The van der Waals surface area contributed by atoms with Gasteiger partial charge in [-0.3, -0.25) is 19.2 Å². The predicted molar refractivity (Wildman–Crippen MR) is 128 cm³/mol. The van der Waals surface area contributed by atoms with Crippen molar-refractivity contribution in [3.05, 3.63) is 0 Å². The van der Waals surface area contributed by atoms with E-state index in [0.29, 0.717) is 38.8 Å². The number of carbonyl (C=O) groups excluding carboxylic acids is 3. The van der Waals surface area contributed by atoms with Crippen molar-refractivity contribution in [3.8, 4) is 0 Å². The molecule has 0 aromatic rings. The summed E-state index contributed by atoms with van der Waals surface area (Å²) in [6.07, 6.45) is 1.72. The Morgan fingerprint density at radius 2 is 1.15 bits per heavy atom. The molecule has 4 atom stereocenters. The molecule has 0 aliphatic rings. The van der Waals surface area contributed by atoms with Crippen LogP contribution in [0.1, 0.15) is 51.4 Å². The van der Waals surface area contributed by atoms with Crippen molar-refractivity contribution >= 4 is 42.3 Å². The van der Waals surface area contributed by atoms with Crippen molar-refractivity contribution in [2.75, 3.05) is 18.8 Å². The van der Waals surface area contributed by atoms with Gasteiger partial charge < -0.3 is 43.4 Å². The molecule has 0 saturated heterocycles. The average Bonchev–Trinajstić information content (AvgIpc) is 2.79. The molecule has 0 rings (SSSR count). The molecule has 14 heteroatoms. The van der Waals surface area contributed by atoms with Gasteiger partial charge in [-0.2, -0.15) is 12.6 Å². The van der Waals surface area contributed by atoms with E-state index in [2.05, 4.69) is 28.6 Å². The second kappa shape index (κ2) is 18.0. The number of amides is 3. The van der Waals surface area contributed by atoms with Gasteiger partial charge in [0.15, 0.2) is 0 Å². The molecular formula is C20H38N6O7S. The Morgan fingerprint density at radius 3 is 1.59 bits per heavy atom. The summed E-state index contributed by atoms with van der Waals surface area (Å²) in [5.41, 5.74) is 16.5. The van der Waals surface area contributed by atoms with Crippen LogP contribution in [0.15, 0.2) is 0 Å². The van der Waals surface area contributed by atoms with Crippen LogP contribution in [0.5, 0.6) is 0 Å². The van der Waals surface area contributed by atoms with Crippen molar-refractivity contribution in [2.45, 2.75) is 75.5 Å². The van der Waals surface area contributed by atoms with Gasteiger partial charge in [-0.1, -0.05) is 0 Å². The second-order valence-electron chi connectivity index (χ2n) is 7.81. The highest BCUT2D eigenvalue weighted by molar-refractivity contribution is 7.80. The van der Waals surface area contributed by atoms with E-state index in [1.165, 1.54) is 0 Å². The fraction of sp³-hybridized carbons (Fsp3) is 0.750. The largest absolute Gasteiger partial charge is 0.481 e. The minimum Gasteiger partial charge on any atom is -0.481 e. The van der Waals surface area contributed by atoms with Crippen LogP contribution in [0.2, 0.25) is 0 Å². The smallest absolute Gasteiger partial charge is 0.326 e. The molecule has 4 unspecified atom stereocenters. The number of carboxylic acid groups (broad SMARTS) is 2. The standard InChI is InChI=1S/C20H38N6O7S/c21-9-3-1-5-13(24-17(29)12(23)11-34)18(30)25-14(7-8-16(27)28)19(31)26-15(20(32)33)6-2-4-10-22/h12-15,34H,1-11,21-23H2,(H,24,29)(H,25,30)(H,26,31)(H,27,28)(H,32,33). The Morgan fingerprint density at radius 1 is 0.706 bits per heavy atom. The maximum absolute atomic E-state index is 12.9. The number of hydrogen-bond donors (Lipinski definition) is 9. The number of unbranched alkanes of at least 4 members (excludes halogenated alkanes) is 2. The molecule has 0 aliphatic heterocycles. The number of rotatable bonds is 19. The summed E-state index contributed by atoms with van der Waals surface area (Å²) in [6, 6.07) is -4.56. The molecule has 0 heterocycles. The summed E-state index contributed by atoms with van der Waals surface area (Å²) in [7, 11) is 0. The fourth-order valence-corrected chi connectivity index (χ4v) is 3.12. The Hall–Kier alpha value is -2.42. The van der Waals surface area contributed by atoms with Crippen LogP contribution in [0.4, 0.5) is 0 Å². The third-order valence-corrected chi connectivity index (χ3v) is 5.35. The van der Waals surface area contributed by atoms with Gasteiger partial charge in [0.25, 0.3) is 0 Å². The lowest BCUT2D eigenvalue weighted by Crippen LogP contribution is -2.57. The zero-order chi connectivity index (χ0) is 26.1. The van der Waals surface area contributed by atoms with E-state index >= 15 is 0 Å². The zero-order valence-corrected chi connectivity index (χ0v) is 20.1. The van der Waals surface area contributed by atoms with E-state index in [9.17, 15) is 29.1 Å². The quantitative estimate of drug-likeness (QED) is 0.0683. The van der Waals surface area contributed by atoms with Crippen LogP contribution in [-0.4, -0.2) is 82.9 Å². The Bertz CT molecular complexity index is 682. The molecule has 3 amide bonds. The molecule has 0 aromatic heterocycles. The number of carboxylic acids is 2. The lowest BCUT2D eigenvalue weighted by atomic mass is 10.0. The van der Waals surface area contributed by atoms with Crippen LogP contribution in [-0.2, 0) is 24.0 Å². The van der Waals surface area contributed by atoms with Crippen LogP contribution in [0.25, 0.3) is 0 Å². The lowest BCUT2D eigenvalue weighted by Gasteiger charge is -2.25. The van der Waals surface area contributed by atoms with Crippen LogP contribution >= 0.6 is 12.6 Å². The molecule has 0 bridgehead atoms. The van der Waals surface area contributed by atoms with Crippen LogP contribution in [0.3, 0.4) is 0 Å². The van der Waals surface area contributed by atoms with E-state index in [1.54, 1.807) is 0 Å². The predicted octanol–water partition coefficient (Wildman–Crippen LogP) is -2.09. The average molecular weight is 507 g/mol. The monoisotopic (exact) mass is 506 g/mol. The summed E-state index contributed by atoms with van der Waals surface area (Å²) in [5.74, 6) is -4.59. The molecule has 0 aliphatic carbocycles. The van der Waals surface area contributed by atoms with Crippen molar-refractivity contribution in [1.29, 1.82) is 0 Å². The first kappa shape index (κ1) is 31.6. The molecular weight excluding hydrogens is 468 g/mol. The summed E-state index contributed by atoms with van der Waals surface area (Å²) < 4.78 is 0. The summed E-state index contributed by atoms with van der Waals surface area (Å²) in [6.45, 7) is 0.745. The minimum absolute atomic E-state index is 0.0490. The van der Waals surface area contributed by atoms with Crippen molar-refractivity contribution in [1.82, 2.24) is 16.0 Å². The van der Waals surface area contributed by atoms with Gasteiger partial charge in [0.05, 0.1) is 6.04 Å². The topological polar surface area (TPSA) is 240 Å². The van der Waals surface area contributed by atoms with Gasteiger partial charge in [-0.05, 0) is 58.0 Å². The van der Waals surface area contributed by atoms with Gasteiger partial charge in [-0.25, -0.2) is 4.79 Å². The molecule has 11 N–H and O–H groups in total. The lowest BCUT2D eigenvalue weighted by molar-refractivity contribution is -0.143. The molecule has 0 saturated carbocycles. The van der Waals surface area contributed by atoms with E-state index in [-0.39, 0.29) is 25.0 Å². The molecule has 0 fully saturated rings.